The molecule has 0 unspecified atom stereocenters. The van der Waals surface area contributed by atoms with Crippen LogP contribution in [0.25, 0.3) is 0 Å². The Bertz CT molecular complexity index is 917. The summed E-state index contributed by atoms with van der Waals surface area (Å²) in [7, 11) is 0. The van der Waals surface area contributed by atoms with E-state index in [9.17, 15) is 14.0 Å². The van der Waals surface area contributed by atoms with Crippen molar-refractivity contribution in [3.8, 4) is 0 Å². The fraction of sp³-hybridized carbons (Fsp3) is 0.440. The van der Waals surface area contributed by atoms with Gasteiger partial charge in [0.2, 0.25) is 11.8 Å². The number of rotatable bonds is 7. The molecule has 2 saturated heterocycles. The van der Waals surface area contributed by atoms with Gasteiger partial charge in [-0.1, -0.05) is 42.5 Å². The van der Waals surface area contributed by atoms with E-state index in [0.717, 1.165) is 17.5 Å². The Morgan fingerprint density at radius 3 is 2.66 bits per heavy atom. The molecule has 4 rings (SSSR count). The predicted molar refractivity (Wildman–Crippen MR) is 117 cm³/mol. The molecule has 2 aromatic rings. The van der Waals surface area contributed by atoms with Crippen LogP contribution in [0.5, 0.6) is 0 Å². The van der Waals surface area contributed by atoms with Gasteiger partial charge in [0.25, 0.3) is 0 Å². The van der Waals surface area contributed by atoms with Crippen LogP contribution in [0.15, 0.2) is 54.6 Å². The summed E-state index contributed by atoms with van der Waals surface area (Å²) in [6, 6.07) is 16.3. The van der Waals surface area contributed by atoms with Crippen LogP contribution in [0.2, 0.25) is 0 Å². The van der Waals surface area contributed by atoms with Gasteiger partial charge in [-0.2, -0.15) is 0 Å². The van der Waals surface area contributed by atoms with E-state index in [0.29, 0.717) is 39.3 Å². The molecule has 0 bridgehead atoms. The molecule has 6 nitrogen and oxygen atoms in total. The summed E-state index contributed by atoms with van der Waals surface area (Å²) < 4.78 is 25.0. The molecule has 2 fully saturated rings. The van der Waals surface area contributed by atoms with E-state index in [1.54, 1.807) is 21.9 Å². The minimum atomic E-state index is -0.355. The lowest BCUT2D eigenvalue weighted by Crippen LogP contribution is -2.43. The van der Waals surface area contributed by atoms with Crippen molar-refractivity contribution in [1.29, 1.82) is 0 Å². The van der Waals surface area contributed by atoms with Crippen LogP contribution in [0.4, 0.5) is 4.39 Å². The van der Waals surface area contributed by atoms with Crippen LogP contribution >= 0.6 is 0 Å². The highest BCUT2D eigenvalue weighted by Gasteiger charge is 2.35. The first-order valence-corrected chi connectivity index (χ1v) is 11.1. The minimum Gasteiger partial charge on any atom is -0.381 e. The van der Waals surface area contributed by atoms with Crippen molar-refractivity contribution < 1.29 is 23.5 Å². The topological polar surface area (TPSA) is 59.1 Å². The van der Waals surface area contributed by atoms with E-state index in [1.165, 1.54) is 12.1 Å². The van der Waals surface area contributed by atoms with Crippen molar-refractivity contribution in [2.24, 2.45) is 5.92 Å². The summed E-state index contributed by atoms with van der Waals surface area (Å²) in [5, 5.41) is 0. The van der Waals surface area contributed by atoms with E-state index in [4.69, 9.17) is 9.47 Å². The molecular formula is C25H29FN2O4. The number of benzene rings is 2. The lowest BCUT2D eigenvalue weighted by atomic mass is 10.1. The zero-order chi connectivity index (χ0) is 22.3. The average Bonchev–Trinajstić information content (AvgIpc) is 3.29. The van der Waals surface area contributed by atoms with Crippen molar-refractivity contribution in [2.45, 2.75) is 25.6 Å². The summed E-state index contributed by atoms with van der Waals surface area (Å²) in [5.74, 6) is -0.655. The second-order valence-electron chi connectivity index (χ2n) is 8.42. The Morgan fingerprint density at radius 1 is 1.09 bits per heavy atom. The summed E-state index contributed by atoms with van der Waals surface area (Å²) in [4.78, 5) is 29.4. The summed E-state index contributed by atoms with van der Waals surface area (Å²) >= 11 is 0. The SMILES string of the molecule is O=C1CN(C(=O)[C@H]2CCOC2)C[C@@H](OCc2cccc(F)c2)CN1CCc1ccccc1. The molecule has 7 heteroatoms. The van der Waals surface area contributed by atoms with Gasteiger partial charge in [-0.25, -0.2) is 4.39 Å². The lowest BCUT2D eigenvalue weighted by molar-refractivity contribution is -0.141. The van der Waals surface area contributed by atoms with Crippen LogP contribution < -0.4 is 0 Å². The Balaban J connectivity index is 1.45. The maximum atomic E-state index is 13.5. The van der Waals surface area contributed by atoms with Crippen LogP contribution in [-0.4, -0.2) is 67.1 Å². The largest absolute Gasteiger partial charge is 0.381 e. The fourth-order valence-corrected chi connectivity index (χ4v) is 4.21. The van der Waals surface area contributed by atoms with Crippen LogP contribution in [0, 0.1) is 11.7 Å². The van der Waals surface area contributed by atoms with E-state index in [2.05, 4.69) is 0 Å². The Kier molecular flexibility index (Phi) is 7.50. The van der Waals surface area contributed by atoms with Crippen molar-refractivity contribution in [3.05, 3.63) is 71.5 Å². The highest BCUT2D eigenvalue weighted by molar-refractivity contribution is 5.86. The molecule has 0 aromatic heterocycles. The quantitative estimate of drug-likeness (QED) is 0.664. The van der Waals surface area contributed by atoms with E-state index >= 15 is 0 Å². The predicted octanol–water partition coefficient (Wildman–Crippen LogP) is 2.66. The smallest absolute Gasteiger partial charge is 0.242 e. The first kappa shape index (κ1) is 22.4. The van der Waals surface area contributed by atoms with Gasteiger partial charge in [-0.05, 0) is 36.1 Å². The van der Waals surface area contributed by atoms with Gasteiger partial charge in [0.05, 0.1) is 31.8 Å². The Labute approximate surface area is 187 Å². The molecule has 2 atom stereocenters. The number of carbonyl (C=O) groups excluding carboxylic acids is 2. The molecule has 2 aliphatic heterocycles. The molecule has 2 heterocycles. The van der Waals surface area contributed by atoms with E-state index in [1.807, 2.05) is 30.3 Å². The van der Waals surface area contributed by atoms with Crippen molar-refractivity contribution in [3.63, 3.8) is 0 Å². The minimum absolute atomic E-state index is 0.0456. The average molecular weight is 441 g/mol. The second kappa shape index (κ2) is 10.7. The third-order valence-electron chi connectivity index (χ3n) is 6.01. The van der Waals surface area contributed by atoms with Crippen molar-refractivity contribution in [1.82, 2.24) is 9.80 Å². The standard InChI is InChI=1S/C25H29FN2O4/c26-22-8-4-7-20(13-22)17-32-23-14-27(11-9-19-5-2-1-3-6-19)24(29)16-28(15-23)25(30)21-10-12-31-18-21/h1-8,13,21,23H,9-12,14-18H2/t21-,23-/m0/s1. The molecule has 2 aliphatic rings. The van der Waals surface area contributed by atoms with Gasteiger partial charge in [0.1, 0.15) is 5.82 Å². The van der Waals surface area contributed by atoms with Crippen molar-refractivity contribution >= 4 is 11.8 Å². The Hall–Kier alpha value is -2.77. The fourth-order valence-electron chi connectivity index (χ4n) is 4.21. The molecule has 32 heavy (non-hydrogen) atoms. The van der Waals surface area contributed by atoms with Crippen LogP contribution in [0.3, 0.4) is 0 Å². The monoisotopic (exact) mass is 440 g/mol. The highest BCUT2D eigenvalue weighted by atomic mass is 19.1. The first-order chi connectivity index (χ1) is 15.6. The number of carbonyl (C=O) groups is 2. The number of amides is 2. The number of nitrogens with zero attached hydrogens (tertiary/aromatic N) is 2. The molecule has 0 N–H and O–H groups in total. The van der Waals surface area contributed by atoms with Gasteiger partial charge in [0, 0.05) is 26.2 Å². The summed E-state index contributed by atoms with van der Waals surface area (Å²) in [6.07, 6.45) is 1.05. The molecule has 170 valence electrons. The maximum Gasteiger partial charge on any atom is 0.242 e. The zero-order valence-corrected chi connectivity index (χ0v) is 18.1. The second-order valence-corrected chi connectivity index (χ2v) is 8.42. The Morgan fingerprint density at radius 2 is 1.91 bits per heavy atom. The molecule has 0 saturated carbocycles. The van der Waals surface area contributed by atoms with Crippen molar-refractivity contribution in [2.75, 3.05) is 39.4 Å². The van der Waals surface area contributed by atoms with Crippen LogP contribution in [0.1, 0.15) is 17.5 Å². The number of halogens is 1. The summed E-state index contributed by atoms with van der Waals surface area (Å²) in [6.45, 7) is 2.51. The third-order valence-corrected chi connectivity index (χ3v) is 6.01. The molecule has 2 aromatic carbocycles. The van der Waals surface area contributed by atoms with Gasteiger partial charge in [0.15, 0.2) is 0 Å². The van der Waals surface area contributed by atoms with Gasteiger partial charge in [-0.3, -0.25) is 9.59 Å². The maximum absolute atomic E-state index is 13.5. The normalized spacial score (nSPS) is 21.6. The number of ether oxygens (including phenoxy) is 2. The number of hydrogen-bond donors (Lipinski definition) is 0. The molecule has 0 spiro atoms. The van der Waals surface area contributed by atoms with Gasteiger partial charge < -0.3 is 19.3 Å². The lowest BCUT2D eigenvalue weighted by Gasteiger charge is -2.26. The van der Waals surface area contributed by atoms with Crippen LogP contribution in [-0.2, 0) is 32.1 Å². The summed E-state index contributed by atoms with van der Waals surface area (Å²) in [5.41, 5.74) is 1.87. The highest BCUT2D eigenvalue weighted by Crippen LogP contribution is 2.19. The zero-order valence-electron chi connectivity index (χ0n) is 18.1. The van der Waals surface area contributed by atoms with Gasteiger partial charge in [-0.15, -0.1) is 0 Å². The van der Waals surface area contributed by atoms with Gasteiger partial charge >= 0.3 is 0 Å². The first-order valence-electron chi connectivity index (χ1n) is 11.1. The molecule has 0 radical (unpaired) electrons. The number of hydrogen-bond acceptors (Lipinski definition) is 4. The van der Waals surface area contributed by atoms with E-state index < -0.39 is 0 Å². The third kappa shape index (κ3) is 5.93. The molecule has 0 aliphatic carbocycles. The molecule has 2 amide bonds. The molecular weight excluding hydrogens is 411 g/mol. The van der Waals surface area contributed by atoms with E-state index in [-0.39, 0.29) is 42.8 Å².